The number of hydrogen-bond donors (Lipinski definition) is 1. The van der Waals surface area contributed by atoms with E-state index in [-0.39, 0.29) is 17.0 Å². The van der Waals surface area contributed by atoms with Gasteiger partial charge in [0.15, 0.2) is 0 Å². The first-order valence-electron chi connectivity index (χ1n) is 6.38. The van der Waals surface area contributed by atoms with Gasteiger partial charge in [-0.3, -0.25) is 4.79 Å². The van der Waals surface area contributed by atoms with Crippen molar-refractivity contribution < 1.29 is 9.53 Å². The van der Waals surface area contributed by atoms with Crippen LogP contribution in [0.4, 0.5) is 0 Å². The zero-order valence-corrected chi connectivity index (χ0v) is 10.6. The summed E-state index contributed by atoms with van der Waals surface area (Å²) in [6.45, 7) is 7.64. The summed E-state index contributed by atoms with van der Waals surface area (Å²) in [7, 11) is 0. The second-order valence-corrected chi connectivity index (χ2v) is 6.23. The van der Waals surface area contributed by atoms with Gasteiger partial charge in [-0.15, -0.1) is 0 Å². The van der Waals surface area contributed by atoms with Gasteiger partial charge in [0, 0.05) is 6.54 Å². The first-order chi connectivity index (χ1) is 7.44. The van der Waals surface area contributed by atoms with Gasteiger partial charge < -0.3 is 10.1 Å². The highest BCUT2D eigenvalue weighted by Gasteiger charge is 2.51. The average molecular weight is 225 g/mol. The third-order valence-electron chi connectivity index (χ3n) is 3.84. The van der Waals surface area contributed by atoms with Crippen LogP contribution >= 0.6 is 0 Å². The largest absolute Gasteiger partial charge is 0.459 e. The number of ether oxygens (including phenoxy) is 1. The zero-order valence-electron chi connectivity index (χ0n) is 10.6. The topological polar surface area (TPSA) is 38.3 Å². The van der Waals surface area contributed by atoms with Crippen LogP contribution in [0.2, 0.25) is 0 Å². The minimum absolute atomic E-state index is 0.0229. The third kappa shape index (κ3) is 2.10. The maximum Gasteiger partial charge on any atom is 0.314 e. The molecule has 2 aliphatic rings. The summed E-state index contributed by atoms with van der Waals surface area (Å²) in [5.74, 6) is 0.519. The highest BCUT2D eigenvalue weighted by molar-refractivity contribution is 5.78. The minimum Gasteiger partial charge on any atom is -0.459 e. The quantitative estimate of drug-likeness (QED) is 0.695. The molecule has 0 aromatic heterocycles. The van der Waals surface area contributed by atoms with Crippen LogP contribution in [0.5, 0.6) is 0 Å². The van der Waals surface area contributed by atoms with Crippen LogP contribution in [-0.4, -0.2) is 24.7 Å². The first-order valence-corrected chi connectivity index (χ1v) is 6.38. The van der Waals surface area contributed by atoms with E-state index >= 15 is 0 Å². The van der Waals surface area contributed by atoms with E-state index in [1.165, 1.54) is 12.8 Å². The number of fused-ring (bicyclic) bond motifs is 1. The van der Waals surface area contributed by atoms with Crippen molar-refractivity contribution in [3.63, 3.8) is 0 Å². The predicted octanol–water partition coefficient (Wildman–Crippen LogP) is 2.11. The predicted molar refractivity (Wildman–Crippen MR) is 63.1 cm³/mol. The van der Waals surface area contributed by atoms with Crippen LogP contribution in [0.15, 0.2) is 0 Å². The van der Waals surface area contributed by atoms with Crippen molar-refractivity contribution in [2.75, 3.05) is 13.1 Å². The normalized spacial score (nSPS) is 34.6. The Morgan fingerprint density at radius 2 is 2.12 bits per heavy atom. The van der Waals surface area contributed by atoms with E-state index in [4.69, 9.17) is 4.74 Å². The molecule has 1 aliphatic heterocycles. The van der Waals surface area contributed by atoms with Crippen molar-refractivity contribution in [2.24, 2.45) is 11.3 Å². The molecule has 1 aliphatic carbocycles. The average Bonchev–Trinajstić information content (AvgIpc) is 2.59. The fraction of sp³-hybridized carbons (Fsp3) is 0.923. The summed E-state index contributed by atoms with van der Waals surface area (Å²) in [4.78, 5) is 12.4. The Morgan fingerprint density at radius 3 is 2.81 bits per heavy atom. The molecule has 16 heavy (non-hydrogen) atoms. The standard InChI is InChI=1S/C13H23NO2/c1-12(2,3)16-11(15)13-7-5-4-6-10(13)8-14-9-13/h10,14H,4-9H2,1-3H3/t10-,13-/m1/s1. The van der Waals surface area contributed by atoms with E-state index in [0.717, 1.165) is 25.9 Å². The Morgan fingerprint density at radius 1 is 1.38 bits per heavy atom. The Bertz CT molecular complexity index is 282. The minimum atomic E-state index is -0.365. The molecule has 1 saturated heterocycles. The molecule has 2 atom stereocenters. The highest BCUT2D eigenvalue weighted by Crippen LogP contribution is 2.45. The Hall–Kier alpha value is -0.570. The molecule has 0 spiro atoms. The second kappa shape index (κ2) is 4.02. The fourth-order valence-electron chi connectivity index (χ4n) is 3.03. The summed E-state index contributed by atoms with van der Waals surface area (Å²) in [6, 6.07) is 0. The molecule has 2 rings (SSSR count). The molecule has 1 N–H and O–H groups in total. The van der Waals surface area contributed by atoms with Gasteiger partial charge in [0.05, 0.1) is 5.41 Å². The monoisotopic (exact) mass is 225 g/mol. The van der Waals surface area contributed by atoms with E-state index < -0.39 is 0 Å². The number of carbonyl (C=O) groups excluding carboxylic acids is 1. The molecule has 1 saturated carbocycles. The van der Waals surface area contributed by atoms with Crippen molar-refractivity contribution in [3.05, 3.63) is 0 Å². The van der Waals surface area contributed by atoms with Gasteiger partial charge in [0.25, 0.3) is 0 Å². The lowest BCUT2D eigenvalue weighted by atomic mass is 9.68. The molecule has 0 unspecified atom stereocenters. The first kappa shape index (κ1) is 11.9. The van der Waals surface area contributed by atoms with Crippen molar-refractivity contribution in [2.45, 2.75) is 52.1 Å². The zero-order chi connectivity index (χ0) is 11.8. The van der Waals surface area contributed by atoms with Gasteiger partial charge in [-0.1, -0.05) is 12.8 Å². The number of nitrogens with one attached hydrogen (secondary N) is 1. The molecule has 0 bridgehead atoms. The SMILES string of the molecule is CC(C)(C)OC(=O)[C@@]12CCCC[C@@H]1CNC2. The fourth-order valence-corrected chi connectivity index (χ4v) is 3.03. The molecule has 3 heteroatoms. The molecule has 0 aromatic rings. The van der Waals surface area contributed by atoms with Gasteiger partial charge >= 0.3 is 5.97 Å². The molecule has 0 amide bonds. The van der Waals surface area contributed by atoms with Crippen LogP contribution in [-0.2, 0) is 9.53 Å². The number of rotatable bonds is 1. The lowest BCUT2D eigenvalue weighted by molar-refractivity contribution is -0.171. The second-order valence-electron chi connectivity index (χ2n) is 6.23. The van der Waals surface area contributed by atoms with Crippen molar-refractivity contribution in [1.82, 2.24) is 5.32 Å². The van der Waals surface area contributed by atoms with Gasteiger partial charge in [-0.25, -0.2) is 0 Å². The molecule has 0 radical (unpaired) electrons. The molecule has 3 nitrogen and oxygen atoms in total. The summed E-state index contributed by atoms with van der Waals surface area (Å²) < 4.78 is 5.60. The molecule has 2 fully saturated rings. The van der Waals surface area contributed by atoms with E-state index in [2.05, 4.69) is 5.32 Å². The smallest absolute Gasteiger partial charge is 0.314 e. The van der Waals surface area contributed by atoms with Gasteiger partial charge in [0.2, 0.25) is 0 Å². The molecule has 0 aromatic carbocycles. The highest BCUT2D eigenvalue weighted by atomic mass is 16.6. The number of esters is 1. The van der Waals surface area contributed by atoms with Gasteiger partial charge in [-0.2, -0.15) is 0 Å². The Kier molecular flexibility index (Phi) is 2.99. The third-order valence-corrected chi connectivity index (χ3v) is 3.84. The maximum atomic E-state index is 12.4. The molecular formula is C13H23NO2. The van der Waals surface area contributed by atoms with Crippen LogP contribution < -0.4 is 5.32 Å². The summed E-state index contributed by atoms with van der Waals surface area (Å²) in [5.41, 5.74) is -0.581. The Balaban J connectivity index is 2.13. The van der Waals surface area contributed by atoms with Crippen LogP contribution in [0.1, 0.15) is 46.5 Å². The van der Waals surface area contributed by atoms with Crippen LogP contribution in [0.25, 0.3) is 0 Å². The van der Waals surface area contributed by atoms with Crippen LogP contribution in [0, 0.1) is 11.3 Å². The Labute approximate surface area is 97.9 Å². The van der Waals surface area contributed by atoms with E-state index in [0.29, 0.717) is 5.92 Å². The summed E-state index contributed by atoms with van der Waals surface area (Å²) >= 11 is 0. The molecular weight excluding hydrogens is 202 g/mol. The van der Waals surface area contributed by atoms with Gasteiger partial charge in [0.1, 0.15) is 5.60 Å². The van der Waals surface area contributed by atoms with E-state index in [1.807, 2.05) is 20.8 Å². The molecule has 92 valence electrons. The van der Waals surface area contributed by atoms with Crippen molar-refractivity contribution in [3.8, 4) is 0 Å². The van der Waals surface area contributed by atoms with E-state index in [1.54, 1.807) is 0 Å². The van der Waals surface area contributed by atoms with Crippen molar-refractivity contribution >= 4 is 5.97 Å². The summed E-state index contributed by atoms with van der Waals surface area (Å²) in [5, 5.41) is 3.37. The van der Waals surface area contributed by atoms with Gasteiger partial charge in [-0.05, 0) is 46.1 Å². The lowest BCUT2D eigenvalue weighted by Crippen LogP contribution is -2.44. The van der Waals surface area contributed by atoms with E-state index in [9.17, 15) is 4.79 Å². The lowest BCUT2D eigenvalue weighted by Gasteiger charge is -2.38. The number of carbonyl (C=O) groups is 1. The summed E-state index contributed by atoms with van der Waals surface area (Å²) in [6.07, 6.45) is 4.60. The number of hydrogen-bond acceptors (Lipinski definition) is 3. The molecule has 1 heterocycles. The maximum absolute atomic E-state index is 12.4. The van der Waals surface area contributed by atoms with Crippen molar-refractivity contribution in [1.29, 1.82) is 0 Å². The van der Waals surface area contributed by atoms with Crippen LogP contribution in [0.3, 0.4) is 0 Å².